The Bertz CT molecular complexity index is 1030. The van der Waals surface area contributed by atoms with E-state index in [1.807, 2.05) is 0 Å². The van der Waals surface area contributed by atoms with Gasteiger partial charge < -0.3 is 15.6 Å². The summed E-state index contributed by atoms with van der Waals surface area (Å²) in [5.41, 5.74) is 1.76. The van der Waals surface area contributed by atoms with Crippen LogP contribution in [0.25, 0.3) is 0 Å². The molecule has 0 fully saturated rings. The number of ketones is 1. The number of aromatic amines is 1. The van der Waals surface area contributed by atoms with Crippen molar-refractivity contribution in [3.8, 4) is 0 Å². The van der Waals surface area contributed by atoms with Crippen molar-refractivity contribution in [3.05, 3.63) is 83.2 Å². The predicted octanol–water partition coefficient (Wildman–Crippen LogP) is 2.98. The second-order valence-corrected chi connectivity index (χ2v) is 6.24. The lowest BCUT2D eigenvalue weighted by Crippen LogP contribution is -2.26. The summed E-state index contributed by atoms with van der Waals surface area (Å²) >= 11 is 0. The van der Waals surface area contributed by atoms with Gasteiger partial charge in [-0.05, 0) is 48.9 Å². The third-order valence-corrected chi connectivity index (χ3v) is 4.16. The van der Waals surface area contributed by atoms with Gasteiger partial charge in [0.15, 0.2) is 11.5 Å². The lowest BCUT2D eigenvalue weighted by molar-refractivity contribution is 0.0937. The lowest BCUT2D eigenvalue weighted by Gasteiger charge is -2.07. The number of halogens is 1. The summed E-state index contributed by atoms with van der Waals surface area (Å²) in [7, 11) is 0. The number of hydrogen-bond acceptors (Lipinski definition) is 4. The number of H-pyrrole nitrogens is 1. The Labute approximate surface area is 166 Å². The minimum Gasteiger partial charge on any atom is -0.351 e. The zero-order valence-corrected chi connectivity index (χ0v) is 15.7. The van der Waals surface area contributed by atoms with Gasteiger partial charge in [-0.2, -0.15) is 0 Å². The summed E-state index contributed by atoms with van der Waals surface area (Å²) in [4.78, 5) is 43.2. The van der Waals surface area contributed by atoms with Crippen molar-refractivity contribution in [1.82, 2.24) is 15.3 Å². The molecule has 3 N–H and O–H groups in total. The molecule has 3 rings (SSSR count). The summed E-state index contributed by atoms with van der Waals surface area (Å²) in [6.07, 6.45) is 1.43. The zero-order chi connectivity index (χ0) is 20.8. The number of anilines is 1. The highest BCUT2D eigenvalue weighted by molar-refractivity contribution is 6.10. The zero-order valence-electron chi connectivity index (χ0n) is 15.7. The Balaban J connectivity index is 1.64. The highest BCUT2D eigenvalue weighted by Gasteiger charge is 2.20. The van der Waals surface area contributed by atoms with Gasteiger partial charge in [0.2, 0.25) is 0 Å². The van der Waals surface area contributed by atoms with E-state index in [-0.39, 0.29) is 23.6 Å². The molecule has 0 saturated carbocycles. The Morgan fingerprint density at radius 2 is 1.69 bits per heavy atom. The molecule has 0 radical (unpaired) electrons. The molecule has 0 aliphatic rings. The lowest BCUT2D eigenvalue weighted by atomic mass is 10.0. The molecule has 0 aliphatic heterocycles. The van der Waals surface area contributed by atoms with E-state index in [9.17, 15) is 18.8 Å². The number of carbonyl (C=O) groups excluding carboxylic acids is 3. The molecule has 1 aromatic heterocycles. The van der Waals surface area contributed by atoms with Gasteiger partial charge in [0.25, 0.3) is 11.8 Å². The fourth-order valence-corrected chi connectivity index (χ4v) is 2.71. The van der Waals surface area contributed by atoms with Gasteiger partial charge in [-0.25, -0.2) is 9.37 Å². The summed E-state index contributed by atoms with van der Waals surface area (Å²) in [5.74, 6) is -1.47. The normalized spacial score (nSPS) is 10.4. The van der Waals surface area contributed by atoms with E-state index in [1.165, 1.54) is 30.6 Å². The first-order valence-electron chi connectivity index (χ1n) is 8.98. The molecule has 0 spiro atoms. The van der Waals surface area contributed by atoms with Crippen LogP contribution in [0.4, 0.5) is 10.1 Å². The molecule has 0 saturated heterocycles. The molecular formula is C21H19FN4O3. The average Bonchev–Trinajstić information content (AvgIpc) is 3.20. The number of imidazole rings is 1. The first-order chi connectivity index (χ1) is 14.0. The number of hydrogen-bond donors (Lipinski definition) is 3. The molecule has 29 heavy (non-hydrogen) atoms. The molecule has 8 heteroatoms. The smallest absolute Gasteiger partial charge is 0.276 e. The Hall–Kier alpha value is -3.81. The highest BCUT2D eigenvalue weighted by atomic mass is 19.1. The van der Waals surface area contributed by atoms with E-state index in [1.54, 1.807) is 31.2 Å². The van der Waals surface area contributed by atoms with Gasteiger partial charge in [-0.15, -0.1) is 0 Å². The summed E-state index contributed by atoms with van der Waals surface area (Å²) in [5, 5.41) is 5.28. The van der Waals surface area contributed by atoms with Crippen LogP contribution in [-0.2, 0) is 6.42 Å². The molecule has 7 nitrogen and oxygen atoms in total. The molecule has 0 unspecified atom stereocenters. The molecule has 0 atom stereocenters. The fraction of sp³-hybridized carbons (Fsp3) is 0.143. The third kappa shape index (κ3) is 4.92. The van der Waals surface area contributed by atoms with Gasteiger partial charge >= 0.3 is 0 Å². The van der Waals surface area contributed by atoms with E-state index in [0.717, 1.165) is 5.56 Å². The number of Topliss-reactive ketones (excluding diaryl/α,β-unsaturated/α-hetero) is 1. The van der Waals surface area contributed by atoms with Crippen molar-refractivity contribution >= 4 is 23.3 Å². The van der Waals surface area contributed by atoms with Crippen LogP contribution in [0.5, 0.6) is 0 Å². The molecule has 0 bridgehead atoms. The maximum absolute atomic E-state index is 13.0. The number of carbonyl (C=O) groups is 3. The topological polar surface area (TPSA) is 104 Å². The Morgan fingerprint density at radius 1 is 1.00 bits per heavy atom. The van der Waals surface area contributed by atoms with Crippen molar-refractivity contribution in [2.45, 2.75) is 13.3 Å². The van der Waals surface area contributed by atoms with Crippen LogP contribution in [0.2, 0.25) is 0 Å². The van der Waals surface area contributed by atoms with Crippen LogP contribution < -0.4 is 10.6 Å². The number of nitrogens with one attached hydrogen (secondary N) is 3. The minimum absolute atomic E-state index is 0.00786. The molecule has 2 aromatic carbocycles. The van der Waals surface area contributed by atoms with E-state index < -0.39 is 17.6 Å². The maximum atomic E-state index is 13.0. The first kappa shape index (κ1) is 19.9. The SMILES string of the molecule is CCNC(=O)c1[nH]cnc1C(=O)Nc1ccc(CC(=O)c2ccc(F)cc2)cc1. The highest BCUT2D eigenvalue weighted by Crippen LogP contribution is 2.14. The Morgan fingerprint density at radius 3 is 2.34 bits per heavy atom. The fourth-order valence-electron chi connectivity index (χ4n) is 2.71. The molecule has 0 aliphatic carbocycles. The quantitative estimate of drug-likeness (QED) is 0.536. The number of aromatic nitrogens is 2. The summed E-state index contributed by atoms with van der Waals surface area (Å²) in [6.45, 7) is 2.20. The van der Waals surface area contributed by atoms with Gasteiger partial charge in [0.05, 0.1) is 6.33 Å². The van der Waals surface area contributed by atoms with Gasteiger partial charge in [-0.1, -0.05) is 12.1 Å². The number of nitrogens with zero attached hydrogens (tertiary/aromatic N) is 1. The number of benzene rings is 2. The van der Waals surface area contributed by atoms with Crippen LogP contribution in [0.3, 0.4) is 0 Å². The third-order valence-electron chi connectivity index (χ3n) is 4.16. The van der Waals surface area contributed by atoms with Crippen molar-refractivity contribution in [2.24, 2.45) is 0 Å². The number of rotatable bonds is 7. The largest absolute Gasteiger partial charge is 0.351 e. The predicted molar refractivity (Wildman–Crippen MR) is 105 cm³/mol. The van der Waals surface area contributed by atoms with E-state index in [4.69, 9.17) is 0 Å². The van der Waals surface area contributed by atoms with E-state index in [2.05, 4.69) is 20.6 Å². The molecule has 3 aromatic rings. The van der Waals surface area contributed by atoms with E-state index >= 15 is 0 Å². The van der Waals surface area contributed by atoms with Crippen LogP contribution in [-0.4, -0.2) is 34.1 Å². The van der Waals surface area contributed by atoms with Crippen molar-refractivity contribution in [3.63, 3.8) is 0 Å². The van der Waals surface area contributed by atoms with Crippen molar-refractivity contribution in [1.29, 1.82) is 0 Å². The van der Waals surface area contributed by atoms with Crippen LogP contribution >= 0.6 is 0 Å². The van der Waals surface area contributed by atoms with Crippen molar-refractivity contribution < 1.29 is 18.8 Å². The number of amides is 2. The van der Waals surface area contributed by atoms with Gasteiger partial charge in [0, 0.05) is 24.2 Å². The van der Waals surface area contributed by atoms with Crippen LogP contribution in [0.1, 0.15) is 43.8 Å². The van der Waals surface area contributed by atoms with E-state index in [0.29, 0.717) is 17.8 Å². The van der Waals surface area contributed by atoms with Crippen LogP contribution in [0, 0.1) is 5.82 Å². The minimum atomic E-state index is -0.525. The second kappa shape index (κ2) is 8.92. The first-order valence-corrected chi connectivity index (χ1v) is 8.98. The van der Waals surface area contributed by atoms with Gasteiger partial charge in [-0.3, -0.25) is 14.4 Å². The maximum Gasteiger partial charge on any atom is 0.276 e. The van der Waals surface area contributed by atoms with Crippen molar-refractivity contribution in [2.75, 3.05) is 11.9 Å². The molecule has 148 valence electrons. The van der Waals surface area contributed by atoms with Gasteiger partial charge in [0.1, 0.15) is 11.5 Å². The summed E-state index contributed by atoms with van der Waals surface area (Å²) in [6, 6.07) is 12.1. The molecule has 1 heterocycles. The second-order valence-electron chi connectivity index (χ2n) is 6.24. The Kier molecular flexibility index (Phi) is 6.13. The van der Waals surface area contributed by atoms with Crippen LogP contribution in [0.15, 0.2) is 54.9 Å². The monoisotopic (exact) mass is 394 g/mol. The summed E-state index contributed by atoms with van der Waals surface area (Å²) < 4.78 is 13.0. The molecule has 2 amide bonds. The molecular weight excluding hydrogens is 375 g/mol. The average molecular weight is 394 g/mol. The standard InChI is InChI=1S/C21H19FN4O3/c1-2-23-20(28)18-19(25-12-24-18)21(29)26-16-9-3-13(4-10-16)11-17(27)14-5-7-15(22)8-6-14/h3-10,12H,2,11H2,1H3,(H,23,28)(H,24,25)(H,26,29).